The summed E-state index contributed by atoms with van der Waals surface area (Å²) in [7, 11) is 0. The van der Waals surface area contributed by atoms with Gasteiger partial charge >= 0.3 is 5.97 Å². The summed E-state index contributed by atoms with van der Waals surface area (Å²) < 4.78 is 0. The maximum absolute atomic E-state index is 13.0. The Balaban J connectivity index is 1.97. The average Bonchev–Trinajstić information content (AvgIpc) is 3.32. The van der Waals surface area contributed by atoms with Gasteiger partial charge in [0.2, 0.25) is 5.91 Å². The van der Waals surface area contributed by atoms with E-state index in [9.17, 15) is 25.2 Å². The summed E-state index contributed by atoms with van der Waals surface area (Å²) in [6.45, 7) is 1.78. The number of amides is 1. The molecule has 4 N–H and O–H groups in total. The van der Waals surface area contributed by atoms with Gasteiger partial charge in [0.15, 0.2) is 0 Å². The van der Waals surface area contributed by atoms with Crippen molar-refractivity contribution in [3.05, 3.63) is 56.7 Å². The first-order chi connectivity index (χ1) is 15.8. The number of nitriles is 2. The third kappa shape index (κ3) is 5.10. The van der Waals surface area contributed by atoms with Crippen molar-refractivity contribution >= 4 is 58.1 Å². The Bertz CT molecular complexity index is 1310. The van der Waals surface area contributed by atoms with E-state index in [1.165, 1.54) is 29.5 Å². The highest BCUT2D eigenvalue weighted by Crippen LogP contribution is 2.38. The van der Waals surface area contributed by atoms with Crippen LogP contribution in [0.2, 0.25) is 5.02 Å². The lowest BCUT2D eigenvalue weighted by molar-refractivity contribution is -0.115. The molecule has 0 spiro atoms. The number of nitrogen functional groups attached to an aromatic ring is 1. The van der Waals surface area contributed by atoms with E-state index in [2.05, 4.69) is 16.4 Å². The molecular weight excluding hydrogens is 482 g/mol. The number of benzene rings is 1. The monoisotopic (exact) mass is 497 g/mol. The van der Waals surface area contributed by atoms with E-state index >= 15 is 0 Å². The summed E-state index contributed by atoms with van der Waals surface area (Å²) in [5.74, 6) is -1.63. The van der Waals surface area contributed by atoms with Gasteiger partial charge in [-0.15, -0.1) is 0 Å². The lowest BCUT2D eigenvalue weighted by atomic mass is 9.99. The van der Waals surface area contributed by atoms with Gasteiger partial charge < -0.3 is 16.2 Å². The molecule has 0 aliphatic heterocycles. The highest BCUT2D eigenvalue weighted by atomic mass is 35.5. The summed E-state index contributed by atoms with van der Waals surface area (Å²) >= 11 is 8.56. The molecule has 33 heavy (non-hydrogen) atoms. The second-order valence-electron chi connectivity index (χ2n) is 6.67. The van der Waals surface area contributed by atoms with Crippen molar-refractivity contribution in [3.8, 4) is 23.3 Å². The molecule has 0 aliphatic rings. The van der Waals surface area contributed by atoms with Crippen molar-refractivity contribution in [2.45, 2.75) is 23.6 Å². The molecule has 1 atom stereocenters. The Kier molecular flexibility index (Phi) is 7.56. The molecule has 3 aromatic rings. The molecular formula is C22H16ClN5O3S2. The van der Waals surface area contributed by atoms with Crippen molar-refractivity contribution in [2.24, 2.45) is 0 Å². The second kappa shape index (κ2) is 10.4. The highest BCUT2D eigenvalue weighted by Gasteiger charge is 2.26. The summed E-state index contributed by atoms with van der Waals surface area (Å²) in [4.78, 5) is 28.4. The molecule has 0 aliphatic carbocycles. The Hall–Kier alpha value is -3.57. The third-order valence-electron chi connectivity index (χ3n) is 4.61. The number of thiophene rings is 1. The standard InChI is InChI=1S/C22H16ClN5O3S2/c1-2-17(20(29)27-16-7-11(22(30)31)3-4-15(16)23)33-21-14(9-25)18(12-5-6-32-10-12)13(8-24)19(26)28-21/h3-7,10,17H,2H2,1H3,(H2,26,28)(H,27,29)(H,30,31). The summed E-state index contributed by atoms with van der Waals surface area (Å²) in [6.07, 6.45) is 0.368. The molecule has 1 amide bonds. The third-order valence-corrected chi connectivity index (χ3v) is 6.98. The summed E-state index contributed by atoms with van der Waals surface area (Å²) in [5, 5.41) is 34.6. The average molecular weight is 498 g/mol. The fourth-order valence-electron chi connectivity index (χ4n) is 3.00. The molecule has 8 nitrogen and oxygen atoms in total. The van der Waals surface area contributed by atoms with Crippen LogP contribution in [0.25, 0.3) is 11.1 Å². The van der Waals surface area contributed by atoms with Crippen molar-refractivity contribution < 1.29 is 14.7 Å². The molecule has 0 bridgehead atoms. The van der Waals surface area contributed by atoms with Crippen molar-refractivity contribution in [1.82, 2.24) is 4.98 Å². The van der Waals surface area contributed by atoms with E-state index in [1.807, 2.05) is 11.4 Å². The Labute approximate surface area is 202 Å². The maximum atomic E-state index is 13.0. The van der Waals surface area contributed by atoms with E-state index in [4.69, 9.17) is 17.3 Å². The number of thioether (sulfide) groups is 1. The Morgan fingerprint density at radius 3 is 2.61 bits per heavy atom. The molecule has 0 fully saturated rings. The molecule has 2 heterocycles. The number of nitrogens with zero attached hydrogens (tertiary/aromatic N) is 3. The van der Waals surface area contributed by atoms with Crippen LogP contribution >= 0.6 is 34.7 Å². The van der Waals surface area contributed by atoms with E-state index in [-0.39, 0.29) is 38.2 Å². The number of nitrogens with one attached hydrogen (secondary N) is 1. The smallest absolute Gasteiger partial charge is 0.335 e. The molecule has 11 heteroatoms. The minimum atomic E-state index is -1.15. The number of carboxylic acid groups (broad SMARTS) is 1. The molecule has 0 saturated carbocycles. The number of hydrogen-bond donors (Lipinski definition) is 3. The van der Waals surface area contributed by atoms with Gasteiger partial charge in [0.25, 0.3) is 0 Å². The van der Waals surface area contributed by atoms with Crippen molar-refractivity contribution in [3.63, 3.8) is 0 Å². The molecule has 166 valence electrons. The number of hydrogen-bond acceptors (Lipinski definition) is 8. The van der Waals surface area contributed by atoms with Crippen LogP contribution in [0.4, 0.5) is 11.5 Å². The number of anilines is 2. The van der Waals surface area contributed by atoms with Crippen LogP contribution in [0.3, 0.4) is 0 Å². The Morgan fingerprint density at radius 1 is 1.30 bits per heavy atom. The highest BCUT2D eigenvalue weighted by molar-refractivity contribution is 8.00. The first kappa shape index (κ1) is 24.1. The number of aromatic carboxylic acids is 1. The first-order valence-electron chi connectivity index (χ1n) is 9.47. The van der Waals surface area contributed by atoms with Crippen LogP contribution in [-0.2, 0) is 4.79 Å². The predicted molar refractivity (Wildman–Crippen MR) is 128 cm³/mol. The number of carbonyl (C=O) groups is 2. The van der Waals surface area contributed by atoms with Crippen LogP contribution < -0.4 is 11.1 Å². The van der Waals surface area contributed by atoms with Gasteiger partial charge in [-0.1, -0.05) is 30.3 Å². The van der Waals surface area contributed by atoms with E-state index in [0.29, 0.717) is 17.5 Å². The van der Waals surface area contributed by atoms with Crippen LogP contribution in [0.1, 0.15) is 34.8 Å². The van der Waals surface area contributed by atoms with E-state index in [1.54, 1.807) is 18.4 Å². The molecule has 3 rings (SSSR count). The molecule has 1 aromatic carbocycles. The zero-order valence-electron chi connectivity index (χ0n) is 17.1. The maximum Gasteiger partial charge on any atom is 0.335 e. The topological polar surface area (TPSA) is 153 Å². The quantitative estimate of drug-likeness (QED) is 0.385. The largest absolute Gasteiger partial charge is 0.478 e. The van der Waals surface area contributed by atoms with Crippen LogP contribution in [-0.4, -0.2) is 27.2 Å². The molecule has 0 radical (unpaired) electrons. The first-order valence-corrected chi connectivity index (χ1v) is 11.7. The van der Waals surface area contributed by atoms with Gasteiger partial charge in [-0.05, 0) is 47.0 Å². The van der Waals surface area contributed by atoms with Gasteiger partial charge in [0.1, 0.15) is 28.5 Å². The summed E-state index contributed by atoms with van der Waals surface area (Å²) in [6, 6.07) is 9.88. The van der Waals surface area contributed by atoms with Gasteiger partial charge in [-0.25, -0.2) is 9.78 Å². The van der Waals surface area contributed by atoms with Gasteiger partial charge in [0.05, 0.1) is 27.1 Å². The number of pyridine rings is 1. The van der Waals surface area contributed by atoms with Gasteiger partial charge in [-0.3, -0.25) is 4.79 Å². The fraction of sp³-hybridized carbons (Fsp3) is 0.136. The van der Waals surface area contributed by atoms with Gasteiger partial charge in [0, 0.05) is 5.56 Å². The fourth-order valence-corrected chi connectivity index (χ4v) is 4.83. The van der Waals surface area contributed by atoms with Crippen molar-refractivity contribution in [2.75, 3.05) is 11.1 Å². The number of aromatic nitrogens is 1. The summed E-state index contributed by atoms with van der Waals surface area (Å²) in [5.41, 5.74) is 7.45. The minimum Gasteiger partial charge on any atom is -0.478 e. The molecule has 0 saturated heterocycles. The lowest BCUT2D eigenvalue weighted by Crippen LogP contribution is -2.25. The number of carbonyl (C=O) groups excluding carboxylic acids is 1. The number of halogens is 1. The number of rotatable bonds is 7. The zero-order valence-corrected chi connectivity index (χ0v) is 19.5. The van der Waals surface area contributed by atoms with Crippen LogP contribution in [0.15, 0.2) is 40.1 Å². The minimum absolute atomic E-state index is 0.0240. The number of nitrogens with two attached hydrogens (primary N) is 1. The van der Waals surface area contributed by atoms with Crippen LogP contribution in [0, 0.1) is 22.7 Å². The normalized spacial score (nSPS) is 11.3. The SMILES string of the molecule is CCC(Sc1nc(N)c(C#N)c(-c2ccsc2)c1C#N)C(=O)Nc1cc(C(=O)O)ccc1Cl. The Morgan fingerprint density at radius 2 is 2.03 bits per heavy atom. The zero-order chi connectivity index (χ0) is 24.1. The van der Waals surface area contributed by atoms with Crippen LogP contribution in [0.5, 0.6) is 0 Å². The molecule has 1 unspecified atom stereocenters. The second-order valence-corrected chi connectivity index (χ2v) is 9.05. The predicted octanol–water partition coefficient (Wildman–Crippen LogP) is 5.00. The lowest BCUT2D eigenvalue weighted by Gasteiger charge is -2.18. The van der Waals surface area contributed by atoms with Crippen molar-refractivity contribution in [1.29, 1.82) is 10.5 Å². The van der Waals surface area contributed by atoms with E-state index in [0.717, 1.165) is 11.8 Å². The molecule has 2 aromatic heterocycles. The van der Waals surface area contributed by atoms with Gasteiger partial charge in [-0.2, -0.15) is 21.9 Å². The van der Waals surface area contributed by atoms with E-state index < -0.39 is 17.1 Å². The number of carboxylic acids is 1.